The van der Waals surface area contributed by atoms with Crippen molar-refractivity contribution in [3.05, 3.63) is 70.6 Å². The molecule has 0 bridgehead atoms. The first-order valence-electron chi connectivity index (χ1n) is 13.8. The summed E-state index contributed by atoms with van der Waals surface area (Å²) >= 11 is 0. The third-order valence-electron chi connectivity index (χ3n) is 7.05. The van der Waals surface area contributed by atoms with Crippen molar-refractivity contribution in [2.45, 2.75) is 76.5 Å². The quantitative estimate of drug-likeness (QED) is 0.169. The predicted molar refractivity (Wildman–Crippen MR) is 139 cm³/mol. The second-order valence-electron chi connectivity index (χ2n) is 11.4. The Hall–Kier alpha value is -5.54. The Morgan fingerprint density at radius 2 is 0.783 bits per heavy atom. The Kier molecular flexibility index (Phi) is 7.70. The van der Waals surface area contributed by atoms with Crippen molar-refractivity contribution in [1.29, 1.82) is 0 Å². The average molecular weight is 643 g/mol. The maximum atomic E-state index is 12.7. The van der Waals surface area contributed by atoms with Crippen molar-refractivity contribution >= 4 is 35.8 Å². The summed E-state index contributed by atoms with van der Waals surface area (Å²) in [6.45, 7) is 5.49. The van der Waals surface area contributed by atoms with Crippen molar-refractivity contribution in [3.63, 3.8) is 0 Å². The van der Waals surface area contributed by atoms with E-state index in [4.69, 9.17) is 37.9 Å². The molecule has 16 heteroatoms. The van der Waals surface area contributed by atoms with Gasteiger partial charge in [-0.1, -0.05) is 12.2 Å². The summed E-state index contributed by atoms with van der Waals surface area (Å²) in [5.74, 6) is -14.4. The number of carbonyl (C=O) groups excluding carboxylic acids is 6. The van der Waals surface area contributed by atoms with Gasteiger partial charge < -0.3 is 48.1 Å². The average Bonchev–Trinajstić information content (AvgIpc) is 2.91. The Morgan fingerprint density at radius 1 is 0.478 bits per heavy atom. The van der Waals surface area contributed by atoms with Gasteiger partial charge in [-0.2, -0.15) is 0 Å². The van der Waals surface area contributed by atoms with E-state index in [1.165, 1.54) is 27.7 Å². The number of carbonyl (C=O) groups is 6. The zero-order chi connectivity index (χ0) is 33.7. The summed E-state index contributed by atoms with van der Waals surface area (Å²) in [4.78, 5) is 73.6. The van der Waals surface area contributed by atoms with Gasteiger partial charge in [-0.3, -0.25) is 0 Å². The van der Waals surface area contributed by atoms with E-state index in [0.717, 1.165) is 36.5 Å². The standard InChI is InChI=1S/C30H28O16/c1-27(2)39-19(31)15(20(32)40-27)7-5-9-17-23(35)43-29(44-24(17)36)11-13-30(14-12-29)45-25(37)18(26(38)46-30)10-6-8-16-21(33)41-28(3,4)42-22(16)34/h5-10,35,37H,11-14H2,1-4H3/p-2. The molecular weight excluding hydrogens is 616 g/mol. The number of cyclic esters (lactones) is 4. The van der Waals surface area contributed by atoms with Crippen LogP contribution in [0.5, 0.6) is 0 Å². The van der Waals surface area contributed by atoms with Gasteiger partial charge in [0.2, 0.25) is 0 Å². The minimum Gasteiger partial charge on any atom is -0.574 e. The third kappa shape index (κ3) is 6.31. The van der Waals surface area contributed by atoms with E-state index < -0.39 is 93.1 Å². The van der Waals surface area contributed by atoms with Crippen molar-refractivity contribution in [2.75, 3.05) is 0 Å². The molecule has 5 rings (SSSR count). The Balaban J connectivity index is 1.23. The minimum atomic E-state index is -1.73. The minimum absolute atomic E-state index is 0.197. The van der Waals surface area contributed by atoms with Gasteiger partial charge >= 0.3 is 35.8 Å². The lowest BCUT2D eigenvalue weighted by atomic mass is 9.87. The molecular formula is C30H26O16-2. The molecule has 3 fully saturated rings. The van der Waals surface area contributed by atoms with E-state index >= 15 is 0 Å². The topological polar surface area (TPSA) is 222 Å². The van der Waals surface area contributed by atoms with E-state index in [2.05, 4.69) is 0 Å². The molecule has 0 aromatic rings. The van der Waals surface area contributed by atoms with Crippen LogP contribution in [0.2, 0.25) is 0 Å². The summed E-state index contributed by atoms with van der Waals surface area (Å²) in [5.41, 5.74) is -1.99. The fraction of sp³-hybridized carbons (Fsp3) is 0.400. The normalized spacial score (nSPS) is 25.0. The fourth-order valence-corrected chi connectivity index (χ4v) is 4.87. The molecule has 4 heterocycles. The van der Waals surface area contributed by atoms with Gasteiger partial charge in [-0.15, -0.1) is 0 Å². The zero-order valence-electron chi connectivity index (χ0n) is 24.8. The SMILES string of the molecule is CC1(C)OC(=O)C(=CC=CC2=C([O-])OC3(CCC4(CC3)OC(=O)C(C=CC=C3C(=O)OC(C)(C)OC3=O)=C([O-])O4)OC2=O)C(=O)O1. The summed E-state index contributed by atoms with van der Waals surface area (Å²) in [7, 11) is 0. The largest absolute Gasteiger partial charge is 0.574 e. The highest BCUT2D eigenvalue weighted by Gasteiger charge is 2.48. The van der Waals surface area contributed by atoms with Gasteiger partial charge in [0.25, 0.3) is 11.6 Å². The molecule has 5 aliphatic rings. The van der Waals surface area contributed by atoms with E-state index in [0.29, 0.717) is 0 Å². The molecule has 0 aromatic carbocycles. The van der Waals surface area contributed by atoms with Crippen LogP contribution in [0.3, 0.4) is 0 Å². The first kappa shape index (κ1) is 31.9. The van der Waals surface area contributed by atoms with Crippen molar-refractivity contribution in [2.24, 2.45) is 0 Å². The Labute approximate surface area is 260 Å². The Morgan fingerprint density at radius 3 is 1.07 bits per heavy atom. The van der Waals surface area contributed by atoms with Gasteiger partial charge in [-0.05, 0) is 24.3 Å². The molecule has 244 valence electrons. The van der Waals surface area contributed by atoms with Crippen LogP contribution in [0.4, 0.5) is 0 Å². The van der Waals surface area contributed by atoms with Crippen LogP contribution in [0.15, 0.2) is 70.6 Å². The second kappa shape index (κ2) is 11.1. The van der Waals surface area contributed by atoms with E-state index in [1.54, 1.807) is 0 Å². The smallest absolute Gasteiger partial charge is 0.348 e. The van der Waals surface area contributed by atoms with Crippen LogP contribution < -0.4 is 10.2 Å². The molecule has 2 spiro atoms. The van der Waals surface area contributed by atoms with Crippen molar-refractivity contribution in [1.82, 2.24) is 0 Å². The van der Waals surface area contributed by atoms with Gasteiger partial charge in [0.15, 0.2) is 11.6 Å². The second-order valence-corrected chi connectivity index (χ2v) is 11.4. The molecule has 0 radical (unpaired) electrons. The van der Waals surface area contributed by atoms with E-state index in [1.807, 2.05) is 0 Å². The van der Waals surface area contributed by atoms with E-state index in [9.17, 15) is 39.0 Å². The lowest BCUT2D eigenvalue weighted by molar-refractivity contribution is -0.422. The number of hydrogen-bond acceptors (Lipinski definition) is 16. The van der Waals surface area contributed by atoms with Crippen LogP contribution in [0.25, 0.3) is 0 Å². The molecule has 1 aliphatic carbocycles. The molecule has 16 nitrogen and oxygen atoms in total. The maximum Gasteiger partial charge on any atom is 0.348 e. The summed E-state index contributed by atoms with van der Waals surface area (Å²) in [6.07, 6.45) is 5.35. The highest BCUT2D eigenvalue weighted by Crippen LogP contribution is 2.46. The highest BCUT2D eigenvalue weighted by atomic mass is 16.8. The number of allylic oxidation sites excluding steroid dienone is 4. The molecule has 0 amide bonds. The molecule has 0 unspecified atom stereocenters. The third-order valence-corrected chi connectivity index (χ3v) is 7.05. The monoisotopic (exact) mass is 642 g/mol. The molecule has 1 saturated carbocycles. The summed E-state index contributed by atoms with van der Waals surface area (Å²) in [6, 6.07) is 0. The predicted octanol–water partition coefficient (Wildman–Crippen LogP) is -0.119. The van der Waals surface area contributed by atoms with Crippen LogP contribution in [-0.2, 0) is 66.7 Å². The van der Waals surface area contributed by atoms with Gasteiger partial charge in [0.1, 0.15) is 11.1 Å². The summed E-state index contributed by atoms with van der Waals surface area (Å²) in [5, 5.41) is 25.4. The fourth-order valence-electron chi connectivity index (χ4n) is 4.87. The van der Waals surface area contributed by atoms with Crippen molar-refractivity contribution < 1.29 is 76.9 Å². The maximum absolute atomic E-state index is 12.7. The van der Waals surface area contributed by atoms with Crippen LogP contribution in [0, 0.1) is 0 Å². The number of hydrogen-bond donors (Lipinski definition) is 0. The lowest BCUT2D eigenvalue weighted by Gasteiger charge is -2.53. The van der Waals surface area contributed by atoms with Crippen LogP contribution in [-0.4, -0.2) is 59.0 Å². The summed E-state index contributed by atoms with van der Waals surface area (Å²) < 4.78 is 41.5. The highest BCUT2D eigenvalue weighted by molar-refractivity contribution is 6.16. The van der Waals surface area contributed by atoms with Crippen LogP contribution >= 0.6 is 0 Å². The molecule has 0 atom stereocenters. The molecule has 2 saturated heterocycles. The Bertz CT molecular complexity index is 1460. The molecule has 0 aromatic heterocycles. The number of ether oxygens (including phenoxy) is 8. The van der Waals surface area contributed by atoms with E-state index in [-0.39, 0.29) is 25.7 Å². The van der Waals surface area contributed by atoms with Crippen molar-refractivity contribution in [3.8, 4) is 0 Å². The zero-order valence-corrected chi connectivity index (χ0v) is 24.8. The molecule has 0 N–H and O–H groups in total. The first-order valence-corrected chi connectivity index (χ1v) is 13.8. The van der Waals surface area contributed by atoms with Crippen LogP contribution in [0.1, 0.15) is 53.4 Å². The number of esters is 6. The molecule has 46 heavy (non-hydrogen) atoms. The molecule has 4 aliphatic heterocycles. The van der Waals surface area contributed by atoms with Gasteiger partial charge in [-0.25, -0.2) is 28.8 Å². The van der Waals surface area contributed by atoms with Gasteiger partial charge in [0, 0.05) is 53.4 Å². The lowest BCUT2D eigenvalue weighted by Crippen LogP contribution is -2.54. The first-order chi connectivity index (χ1) is 21.4. The number of rotatable bonds is 4. The van der Waals surface area contributed by atoms with Gasteiger partial charge in [0.05, 0.1) is 23.0 Å².